The Balaban J connectivity index is 2.13. The zero-order valence-corrected chi connectivity index (χ0v) is 9.27. The highest BCUT2D eigenvalue weighted by molar-refractivity contribution is 9.10. The zero-order chi connectivity index (χ0) is 11.0. The monoisotopic (exact) mass is 269 g/mol. The maximum atomic E-state index is 11.4. The lowest BCUT2D eigenvalue weighted by Gasteiger charge is -2.35. The van der Waals surface area contributed by atoms with Gasteiger partial charge in [-0.1, -0.05) is 15.9 Å². The molecule has 1 aromatic carbocycles. The topological polar surface area (TPSA) is 57.6 Å². The molecule has 1 amide bonds. The minimum atomic E-state index is -1.05. The van der Waals surface area contributed by atoms with Gasteiger partial charge in [-0.2, -0.15) is 0 Å². The van der Waals surface area contributed by atoms with Crippen LogP contribution in [-0.2, 0) is 9.59 Å². The average molecular weight is 270 g/mol. The van der Waals surface area contributed by atoms with Crippen molar-refractivity contribution in [1.82, 2.24) is 0 Å². The van der Waals surface area contributed by atoms with E-state index in [1.165, 1.54) is 4.90 Å². The first-order valence-corrected chi connectivity index (χ1v) is 5.18. The van der Waals surface area contributed by atoms with Crippen LogP contribution in [0.25, 0.3) is 0 Å². The minimum absolute atomic E-state index is 0.260. The number of carboxylic acids is 1. The quantitative estimate of drug-likeness (QED) is 0.654. The lowest BCUT2D eigenvalue weighted by atomic mass is 9.98. The third-order valence-corrected chi connectivity index (χ3v) is 2.89. The molecule has 1 aliphatic heterocycles. The van der Waals surface area contributed by atoms with Gasteiger partial charge in [0, 0.05) is 16.7 Å². The van der Waals surface area contributed by atoms with Gasteiger partial charge in [-0.3, -0.25) is 9.59 Å². The van der Waals surface area contributed by atoms with Crippen molar-refractivity contribution in [3.05, 3.63) is 28.7 Å². The third kappa shape index (κ3) is 1.74. The number of hydrogen-bond donors (Lipinski definition) is 1. The summed E-state index contributed by atoms with van der Waals surface area (Å²) >= 11 is 3.29. The van der Waals surface area contributed by atoms with E-state index in [0.717, 1.165) is 10.2 Å². The molecule has 0 spiro atoms. The summed E-state index contributed by atoms with van der Waals surface area (Å²) in [5.74, 6) is -2.26. The smallest absolute Gasteiger partial charge is 0.317 e. The molecular weight excluding hydrogens is 262 g/mol. The molecule has 0 radical (unpaired) electrons. The van der Waals surface area contributed by atoms with Crippen LogP contribution >= 0.6 is 15.9 Å². The van der Waals surface area contributed by atoms with Crippen molar-refractivity contribution in [3.8, 4) is 0 Å². The van der Waals surface area contributed by atoms with Gasteiger partial charge in [-0.15, -0.1) is 0 Å². The Bertz CT molecular complexity index is 415. The molecule has 0 bridgehead atoms. The number of β-lactam (4-membered cyclic amide) rings is 1. The van der Waals surface area contributed by atoms with Crippen molar-refractivity contribution in [1.29, 1.82) is 0 Å². The lowest BCUT2D eigenvalue weighted by molar-refractivity contribution is -0.149. The number of carbonyl (C=O) groups excluding carboxylic acids is 1. The van der Waals surface area contributed by atoms with Crippen molar-refractivity contribution < 1.29 is 14.7 Å². The summed E-state index contributed by atoms with van der Waals surface area (Å²) in [5, 5.41) is 8.66. The van der Waals surface area contributed by atoms with Gasteiger partial charge in [0.2, 0.25) is 5.91 Å². The number of carboxylic acid groups (broad SMARTS) is 1. The maximum Gasteiger partial charge on any atom is 0.317 e. The highest BCUT2D eigenvalue weighted by Crippen LogP contribution is 2.27. The molecule has 0 saturated carbocycles. The number of carbonyl (C=O) groups is 2. The van der Waals surface area contributed by atoms with Crippen LogP contribution in [0.3, 0.4) is 0 Å². The molecule has 1 saturated heterocycles. The van der Waals surface area contributed by atoms with Crippen LogP contribution in [0.4, 0.5) is 5.69 Å². The van der Waals surface area contributed by atoms with Crippen molar-refractivity contribution in [2.45, 2.75) is 0 Å². The van der Waals surface area contributed by atoms with Crippen LogP contribution in [0.15, 0.2) is 28.7 Å². The van der Waals surface area contributed by atoms with Crippen LogP contribution in [0.5, 0.6) is 0 Å². The van der Waals surface area contributed by atoms with Gasteiger partial charge >= 0.3 is 5.97 Å². The predicted octanol–water partition coefficient (Wildman–Crippen LogP) is 1.50. The molecule has 1 heterocycles. The van der Waals surface area contributed by atoms with E-state index >= 15 is 0 Å². The summed E-state index contributed by atoms with van der Waals surface area (Å²) in [7, 11) is 0. The van der Waals surface area contributed by atoms with E-state index in [9.17, 15) is 9.59 Å². The fraction of sp³-hybridized carbons (Fsp3) is 0.200. The molecule has 1 fully saturated rings. The van der Waals surface area contributed by atoms with E-state index in [1.807, 2.05) is 12.1 Å². The van der Waals surface area contributed by atoms with Crippen molar-refractivity contribution >= 4 is 33.5 Å². The normalized spacial score (nSPS) is 19.9. The van der Waals surface area contributed by atoms with Crippen molar-refractivity contribution in [3.63, 3.8) is 0 Å². The highest BCUT2D eigenvalue weighted by Gasteiger charge is 2.42. The Labute approximate surface area is 94.6 Å². The predicted molar refractivity (Wildman–Crippen MR) is 57.6 cm³/mol. The summed E-state index contributed by atoms with van der Waals surface area (Å²) in [5.41, 5.74) is 0.737. The Kier molecular flexibility index (Phi) is 2.48. The van der Waals surface area contributed by atoms with Crippen molar-refractivity contribution in [2.24, 2.45) is 5.92 Å². The first kappa shape index (κ1) is 10.2. The molecule has 2 rings (SSSR count). The van der Waals surface area contributed by atoms with Crippen LogP contribution in [0, 0.1) is 5.92 Å². The van der Waals surface area contributed by atoms with E-state index in [2.05, 4.69) is 15.9 Å². The second kappa shape index (κ2) is 3.66. The summed E-state index contributed by atoms with van der Waals surface area (Å²) in [6.07, 6.45) is 0. The highest BCUT2D eigenvalue weighted by atomic mass is 79.9. The number of aliphatic carboxylic acids is 1. The van der Waals surface area contributed by atoms with Crippen molar-refractivity contribution in [2.75, 3.05) is 11.4 Å². The minimum Gasteiger partial charge on any atom is -0.481 e. The lowest BCUT2D eigenvalue weighted by Crippen LogP contribution is -2.56. The van der Waals surface area contributed by atoms with E-state index in [1.54, 1.807) is 12.1 Å². The molecular formula is C10H8BrNO3. The van der Waals surface area contributed by atoms with Gasteiger partial charge in [-0.25, -0.2) is 0 Å². The molecule has 1 aliphatic rings. The Hall–Kier alpha value is -1.36. The number of amides is 1. The molecule has 1 aromatic rings. The van der Waals surface area contributed by atoms with Gasteiger partial charge in [0.05, 0.1) is 0 Å². The summed E-state index contributed by atoms with van der Waals surface area (Å²) in [6.45, 7) is 0.260. The number of hydrogen-bond acceptors (Lipinski definition) is 2. The van der Waals surface area contributed by atoms with Gasteiger partial charge < -0.3 is 10.0 Å². The number of anilines is 1. The number of nitrogens with zero attached hydrogens (tertiary/aromatic N) is 1. The van der Waals surface area contributed by atoms with Crippen LogP contribution in [-0.4, -0.2) is 23.5 Å². The Morgan fingerprint density at radius 1 is 1.40 bits per heavy atom. The summed E-state index contributed by atoms with van der Waals surface area (Å²) in [6, 6.07) is 7.19. The van der Waals surface area contributed by atoms with E-state index in [0.29, 0.717) is 0 Å². The second-order valence-corrected chi connectivity index (χ2v) is 4.23. The molecule has 0 aliphatic carbocycles. The first-order chi connectivity index (χ1) is 7.09. The number of benzene rings is 1. The first-order valence-electron chi connectivity index (χ1n) is 4.39. The van der Waals surface area contributed by atoms with Gasteiger partial charge in [0.15, 0.2) is 5.92 Å². The molecule has 78 valence electrons. The molecule has 5 heteroatoms. The van der Waals surface area contributed by atoms with Gasteiger partial charge in [0.1, 0.15) is 0 Å². The maximum absolute atomic E-state index is 11.4. The molecule has 4 nitrogen and oxygen atoms in total. The average Bonchev–Trinajstić information content (AvgIpc) is 2.18. The van der Waals surface area contributed by atoms with E-state index in [-0.39, 0.29) is 12.5 Å². The molecule has 0 unspecified atom stereocenters. The summed E-state index contributed by atoms with van der Waals surface area (Å²) in [4.78, 5) is 23.5. The van der Waals surface area contributed by atoms with Gasteiger partial charge in [0.25, 0.3) is 0 Å². The second-order valence-electron chi connectivity index (χ2n) is 3.32. The number of rotatable bonds is 2. The number of halogens is 1. The van der Waals surface area contributed by atoms with Crippen LogP contribution in [0.1, 0.15) is 0 Å². The molecule has 0 aromatic heterocycles. The van der Waals surface area contributed by atoms with Crippen LogP contribution in [0.2, 0.25) is 0 Å². The van der Waals surface area contributed by atoms with E-state index in [4.69, 9.17) is 5.11 Å². The fourth-order valence-electron chi connectivity index (χ4n) is 1.46. The molecule has 1 atom stereocenters. The molecule has 1 N–H and O–H groups in total. The van der Waals surface area contributed by atoms with Gasteiger partial charge in [-0.05, 0) is 24.3 Å². The largest absolute Gasteiger partial charge is 0.481 e. The Morgan fingerprint density at radius 3 is 2.47 bits per heavy atom. The molecule has 15 heavy (non-hydrogen) atoms. The summed E-state index contributed by atoms with van der Waals surface area (Å²) < 4.78 is 0.925. The SMILES string of the molecule is O=C(O)[C@@H]1CN(c2ccc(Br)cc2)C1=O. The standard InChI is InChI=1S/C10H8BrNO3/c11-6-1-3-7(4-2-6)12-5-8(9(12)13)10(14)15/h1-4,8H,5H2,(H,14,15)/t8-/m1/s1. The fourth-order valence-corrected chi connectivity index (χ4v) is 1.73. The zero-order valence-electron chi connectivity index (χ0n) is 7.68. The van der Waals surface area contributed by atoms with Crippen LogP contribution < -0.4 is 4.90 Å². The third-order valence-electron chi connectivity index (χ3n) is 2.37. The Morgan fingerprint density at radius 2 is 2.00 bits per heavy atom. The van der Waals surface area contributed by atoms with E-state index < -0.39 is 11.9 Å².